The highest BCUT2D eigenvalue weighted by molar-refractivity contribution is 6.29. The van der Waals surface area contributed by atoms with Gasteiger partial charge in [0.05, 0.1) is 5.54 Å². The van der Waals surface area contributed by atoms with Crippen molar-refractivity contribution >= 4 is 28.5 Å². The lowest BCUT2D eigenvalue weighted by Crippen LogP contribution is -2.23. The highest BCUT2D eigenvalue weighted by Gasteiger charge is 2.24. The molecule has 0 saturated heterocycles. The Morgan fingerprint density at radius 1 is 1.23 bits per heavy atom. The van der Waals surface area contributed by atoms with E-state index in [0.717, 1.165) is 0 Å². The predicted molar refractivity (Wildman–Crippen MR) is 84.1 cm³/mol. The first-order chi connectivity index (χ1) is 10.4. The molecule has 0 radical (unpaired) electrons. The molecule has 0 unspecified atom stereocenters. The summed E-state index contributed by atoms with van der Waals surface area (Å²) in [6.07, 6.45) is 2.97. The Bertz CT molecular complexity index is 839. The van der Waals surface area contributed by atoms with Crippen molar-refractivity contribution in [3.63, 3.8) is 0 Å². The molecule has 7 nitrogen and oxygen atoms in total. The monoisotopic (exact) mass is 318 g/mol. The maximum atomic E-state index is 5.97. The van der Waals surface area contributed by atoms with Gasteiger partial charge in [0.25, 0.3) is 5.88 Å². The van der Waals surface area contributed by atoms with Crippen LogP contribution in [0.5, 0.6) is 11.6 Å². The molecule has 0 fully saturated rings. The zero-order chi connectivity index (χ0) is 15.9. The van der Waals surface area contributed by atoms with Crippen molar-refractivity contribution in [1.29, 1.82) is 0 Å². The number of hydrogen-bond donors (Lipinski definition) is 1. The van der Waals surface area contributed by atoms with Crippen molar-refractivity contribution in [1.82, 2.24) is 24.7 Å². The van der Waals surface area contributed by atoms with E-state index in [4.69, 9.17) is 22.1 Å². The van der Waals surface area contributed by atoms with Crippen LogP contribution in [0.25, 0.3) is 11.0 Å². The Balaban J connectivity index is 2.17. The van der Waals surface area contributed by atoms with Crippen molar-refractivity contribution < 1.29 is 4.74 Å². The molecule has 2 N–H and O–H groups in total. The summed E-state index contributed by atoms with van der Waals surface area (Å²) < 4.78 is 7.58. The molecule has 3 aromatic heterocycles. The smallest absolute Gasteiger partial charge is 0.251 e. The van der Waals surface area contributed by atoms with Gasteiger partial charge in [-0.2, -0.15) is 0 Å². The highest BCUT2D eigenvalue weighted by Crippen LogP contribution is 2.34. The number of fused-ring (bicyclic) bond motifs is 1. The second-order valence-electron chi connectivity index (χ2n) is 5.76. The summed E-state index contributed by atoms with van der Waals surface area (Å²) in [6.45, 7) is 6.06. The first-order valence-corrected chi connectivity index (χ1v) is 7.03. The van der Waals surface area contributed by atoms with Crippen molar-refractivity contribution in [3.05, 3.63) is 29.8 Å². The largest absolute Gasteiger partial charge is 0.437 e. The topological polar surface area (TPSA) is 91.7 Å². The number of anilines is 1. The van der Waals surface area contributed by atoms with Gasteiger partial charge in [0, 0.05) is 12.3 Å². The van der Waals surface area contributed by atoms with Crippen LogP contribution in [0.1, 0.15) is 20.8 Å². The Morgan fingerprint density at radius 3 is 2.68 bits per heavy atom. The number of pyridine rings is 1. The molecule has 3 rings (SSSR count). The van der Waals surface area contributed by atoms with Crippen LogP contribution in [0.2, 0.25) is 5.15 Å². The molecule has 0 aliphatic carbocycles. The fourth-order valence-corrected chi connectivity index (χ4v) is 2.21. The van der Waals surface area contributed by atoms with Gasteiger partial charge in [0.1, 0.15) is 28.4 Å². The Morgan fingerprint density at radius 2 is 2.00 bits per heavy atom. The van der Waals surface area contributed by atoms with E-state index in [1.165, 1.54) is 6.33 Å². The molecule has 114 valence electrons. The van der Waals surface area contributed by atoms with Crippen molar-refractivity contribution in [3.8, 4) is 11.6 Å². The molecule has 3 heterocycles. The number of nitrogens with zero attached hydrogens (tertiary/aromatic N) is 5. The molecule has 22 heavy (non-hydrogen) atoms. The van der Waals surface area contributed by atoms with Crippen LogP contribution in [0.4, 0.5) is 5.82 Å². The van der Waals surface area contributed by atoms with Gasteiger partial charge < -0.3 is 10.5 Å². The summed E-state index contributed by atoms with van der Waals surface area (Å²) in [5, 5.41) is 5.40. The van der Waals surface area contributed by atoms with E-state index >= 15 is 0 Å². The van der Waals surface area contributed by atoms with Gasteiger partial charge in [-0.1, -0.05) is 11.6 Å². The minimum Gasteiger partial charge on any atom is -0.437 e. The van der Waals surface area contributed by atoms with Crippen LogP contribution in [0.15, 0.2) is 24.7 Å². The third-order valence-electron chi connectivity index (χ3n) is 3.01. The number of nitrogen functional groups attached to an aromatic ring is 1. The van der Waals surface area contributed by atoms with E-state index in [9.17, 15) is 0 Å². The van der Waals surface area contributed by atoms with E-state index in [1.807, 2.05) is 20.8 Å². The summed E-state index contributed by atoms with van der Waals surface area (Å²) in [5.41, 5.74) is 6.31. The minimum atomic E-state index is -0.281. The van der Waals surface area contributed by atoms with Crippen LogP contribution in [0, 0.1) is 0 Å². The highest BCUT2D eigenvalue weighted by atomic mass is 35.5. The third-order valence-corrected chi connectivity index (χ3v) is 3.22. The van der Waals surface area contributed by atoms with Crippen LogP contribution < -0.4 is 10.5 Å². The second kappa shape index (κ2) is 5.10. The number of halogens is 1. The Kier molecular flexibility index (Phi) is 3.37. The summed E-state index contributed by atoms with van der Waals surface area (Å²) in [5.74, 6) is 1.17. The third kappa shape index (κ3) is 2.55. The van der Waals surface area contributed by atoms with Crippen LogP contribution in [-0.2, 0) is 5.54 Å². The van der Waals surface area contributed by atoms with E-state index in [0.29, 0.717) is 33.6 Å². The van der Waals surface area contributed by atoms with Crippen LogP contribution in [-0.4, -0.2) is 24.7 Å². The molecule has 0 bridgehead atoms. The molecule has 0 aromatic carbocycles. The lowest BCUT2D eigenvalue weighted by atomic mass is 10.1. The van der Waals surface area contributed by atoms with Gasteiger partial charge in [-0.3, -0.25) is 0 Å². The predicted octanol–water partition coefficient (Wildman–Crippen LogP) is 3.00. The van der Waals surface area contributed by atoms with Crippen molar-refractivity contribution in [2.45, 2.75) is 26.3 Å². The SMILES string of the molecule is CC(C)(C)n1nc(Oc2ccnc(Cl)c2)c2c(N)ncnc21. The molecule has 0 aliphatic rings. The number of rotatable bonds is 2. The lowest BCUT2D eigenvalue weighted by molar-refractivity contribution is 0.349. The van der Waals surface area contributed by atoms with Crippen LogP contribution in [0.3, 0.4) is 0 Å². The molecule has 3 aromatic rings. The fourth-order valence-electron chi connectivity index (χ4n) is 2.04. The first kappa shape index (κ1) is 14.5. The number of aromatic nitrogens is 5. The van der Waals surface area contributed by atoms with Crippen molar-refractivity contribution in [2.24, 2.45) is 0 Å². The molecule has 8 heteroatoms. The van der Waals surface area contributed by atoms with Crippen molar-refractivity contribution in [2.75, 3.05) is 5.73 Å². The number of nitrogens with two attached hydrogens (primary N) is 1. The van der Waals surface area contributed by atoms with E-state index < -0.39 is 0 Å². The second-order valence-corrected chi connectivity index (χ2v) is 6.15. The summed E-state index contributed by atoms with van der Waals surface area (Å²) >= 11 is 5.87. The first-order valence-electron chi connectivity index (χ1n) is 6.65. The van der Waals surface area contributed by atoms with Gasteiger partial charge in [0.2, 0.25) is 0 Å². The number of hydrogen-bond acceptors (Lipinski definition) is 6. The molecule has 0 spiro atoms. The summed E-state index contributed by atoms with van der Waals surface area (Å²) in [6, 6.07) is 3.29. The molecule has 0 aliphatic heterocycles. The van der Waals surface area contributed by atoms with Crippen LogP contribution >= 0.6 is 11.6 Å². The summed E-state index contributed by atoms with van der Waals surface area (Å²) in [4.78, 5) is 12.2. The average Bonchev–Trinajstić information content (AvgIpc) is 2.79. The van der Waals surface area contributed by atoms with Gasteiger partial charge in [-0.05, 0) is 26.8 Å². The maximum absolute atomic E-state index is 5.97. The molecule has 0 saturated carbocycles. The molecule has 0 amide bonds. The average molecular weight is 319 g/mol. The fraction of sp³-hybridized carbons (Fsp3) is 0.286. The summed E-state index contributed by atoms with van der Waals surface area (Å²) in [7, 11) is 0. The van der Waals surface area contributed by atoms with E-state index in [2.05, 4.69) is 20.1 Å². The van der Waals surface area contributed by atoms with E-state index in [-0.39, 0.29) is 5.54 Å². The Hall–Kier alpha value is -2.41. The Labute approximate surface area is 132 Å². The quantitative estimate of drug-likeness (QED) is 0.730. The van der Waals surface area contributed by atoms with Gasteiger partial charge in [-0.15, -0.1) is 5.10 Å². The molecule has 0 atom stereocenters. The zero-order valence-electron chi connectivity index (χ0n) is 12.4. The lowest BCUT2D eigenvalue weighted by Gasteiger charge is -2.19. The number of ether oxygens (including phenoxy) is 1. The normalized spacial score (nSPS) is 11.8. The van der Waals surface area contributed by atoms with E-state index in [1.54, 1.807) is 23.0 Å². The minimum absolute atomic E-state index is 0.281. The van der Waals surface area contributed by atoms with Gasteiger partial charge >= 0.3 is 0 Å². The molecular weight excluding hydrogens is 304 g/mol. The van der Waals surface area contributed by atoms with Gasteiger partial charge in [0.15, 0.2) is 5.65 Å². The van der Waals surface area contributed by atoms with Gasteiger partial charge in [-0.25, -0.2) is 19.6 Å². The molecular formula is C14H15ClN6O. The zero-order valence-corrected chi connectivity index (χ0v) is 13.2. The standard InChI is InChI=1S/C14H15ClN6O/c1-14(2,3)21-12-10(11(16)18-7-19-12)13(20-21)22-8-4-5-17-9(15)6-8/h4-7H,1-3H3,(H2,16,18,19). The maximum Gasteiger partial charge on any atom is 0.251 e.